The van der Waals surface area contributed by atoms with Gasteiger partial charge in [-0.2, -0.15) is 0 Å². The second kappa shape index (κ2) is 7.07. The van der Waals surface area contributed by atoms with Crippen molar-refractivity contribution in [3.63, 3.8) is 0 Å². The average Bonchev–Trinajstić information content (AvgIpc) is 2.51. The highest BCUT2D eigenvalue weighted by Gasteiger charge is 2.38. The Morgan fingerprint density at radius 2 is 1.83 bits per heavy atom. The summed E-state index contributed by atoms with van der Waals surface area (Å²) >= 11 is 0. The summed E-state index contributed by atoms with van der Waals surface area (Å²) in [5, 5.41) is 3.42. The van der Waals surface area contributed by atoms with E-state index in [0.717, 1.165) is 12.8 Å². The van der Waals surface area contributed by atoms with E-state index in [0.29, 0.717) is 24.8 Å². The zero-order valence-electron chi connectivity index (χ0n) is 12.1. The molecule has 1 fully saturated rings. The maximum atomic E-state index is 12.3. The van der Waals surface area contributed by atoms with Crippen LogP contribution in [0.4, 0.5) is 4.39 Å². The average molecular weight is 258 g/mol. The molecule has 0 aromatic carbocycles. The van der Waals surface area contributed by atoms with Gasteiger partial charge in [-0.05, 0) is 31.1 Å². The Balaban J connectivity index is 2.65. The second-order valence-electron chi connectivity index (χ2n) is 6.07. The summed E-state index contributed by atoms with van der Waals surface area (Å²) in [5.41, 5.74) is 0. The van der Waals surface area contributed by atoms with Crippen molar-refractivity contribution < 1.29 is 9.18 Å². The summed E-state index contributed by atoms with van der Waals surface area (Å²) in [6.45, 7) is 8.72. The Morgan fingerprint density at radius 3 is 2.33 bits per heavy atom. The lowest BCUT2D eigenvalue weighted by atomic mass is 10.0. The van der Waals surface area contributed by atoms with Gasteiger partial charge >= 0.3 is 0 Å². The topological polar surface area (TPSA) is 32.3 Å². The fourth-order valence-corrected chi connectivity index (χ4v) is 2.53. The molecule has 0 radical (unpaired) electrons. The van der Waals surface area contributed by atoms with Crippen LogP contribution in [0.25, 0.3) is 0 Å². The standard InChI is InChI=1S/C14H27FN2O/c1-10(2)8-12-14(18)17(7-5-6-15)13(16-12)9-11(3)4/h10-13,16H,5-9H2,1-4H3. The van der Waals surface area contributed by atoms with E-state index in [1.54, 1.807) is 0 Å². The molecule has 18 heavy (non-hydrogen) atoms. The molecule has 1 rings (SSSR count). The van der Waals surface area contributed by atoms with E-state index in [9.17, 15) is 9.18 Å². The Bertz CT molecular complexity index is 269. The summed E-state index contributed by atoms with van der Waals surface area (Å²) in [4.78, 5) is 14.1. The minimum absolute atomic E-state index is 0.0756. The van der Waals surface area contributed by atoms with Gasteiger partial charge in [0.05, 0.1) is 18.9 Å². The van der Waals surface area contributed by atoms with Crippen molar-refractivity contribution in [3.8, 4) is 0 Å². The second-order valence-corrected chi connectivity index (χ2v) is 6.07. The predicted octanol–water partition coefficient (Wildman–Crippen LogP) is 2.56. The van der Waals surface area contributed by atoms with Crippen LogP contribution in [0.5, 0.6) is 0 Å². The van der Waals surface area contributed by atoms with Gasteiger partial charge in [-0.1, -0.05) is 27.7 Å². The minimum atomic E-state index is -0.354. The highest BCUT2D eigenvalue weighted by molar-refractivity contribution is 5.84. The number of nitrogens with zero attached hydrogens (tertiary/aromatic N) is 1. The molecule has 1 aliphatic heterocycles. The Kier molecular flexibility index (Phi) is 6.06. The monoisotopic (exact) mass is 258 g/mol. The quantitative estimate of drug-likeness (QED) is 0.761. The maximum absolute atomic E-state index is 12.3. The van der Waals surface area contributed by atoms with Crippen molar-refractivity contribution in [1.82, 2.24) is 10.2 Å². The van der Waals surface area contributed by atoms with Gasteiger partial charge in [-0.3, -0.25) is 14.5 Å². The number of rotatable bonds is 7. The maximum Gasteiger partial charge on any atom is 0.241 e. The van der Waals surface area contributed by atoms with Gasteiger partial charge in [0, 0.05) is 6.54 Å². The molecule has 4 heteroatoms. The van der Waals surface area contributed by atoms with E-state index in [4.69, 9.17) is 0 Å². The van der Waals surface area contributed by atoms with Crippen LogP contribution in [-0.2, 0) is 4.79 Å². The summed E-state index contributed by atoms with van der Waals surface area (Å²) in [6, 6.07) is -0.0756. The van der Waals surface area contributed by atoms with Crippen molar-refractivity contribution in [2.75, 3.05) is 13.2 Å². The first kappa shape index (κ1) is 15.4. The van der Waals surface area contributed by atoms with Crippen LogP contribution in [-0.4, -0.2) is 36.2 Å². The third kappa shape index (κ3) is 4.23. The molecule has 1 saturated heterocycles. The summed E-state index contributed by atoms with van der Waals surface area (Å²) in [6.07, 6.45) is 2.33. The zero-order chi connectivity index (χ0) is 13.7. The smallest absolute Gasteiger partial charge is 0.241 e. The van der Waals surface area contributed by atoms with E-state index in [1.807, 2.05) is 4.90 Å². The van der Waals surface area contributed by atoms with Crippen molar-refractivity contribution in [2.24, 2.45) is 11.8 Å². The first-order valence-electron chi connectivity index (χ1n) is 7.08. The molecule has 0 bridgehead atoms. The van der Waals surface area contributed by atoms with E-state index < -0.39 is 0 Å². The van der Waals surface area contributed by atoms with Crippen molar-refractivity contribution in [2.45, 2.75) is 59.2 Å². The molecule has 0 saturated carbocycles. The van der Waals surface area contributed by atoms with Gasteiger partial charge in [0.25, 0.3) is 0 Å². The molecule has 3 nitrogen and oxygen atoms in total. The van der Waals surface area contributed by atoms with Gasteiger partial charge in [0.15, 0.2) is 0 Å². The molecular formula is C14H27FN2O. The van der Waals surface area contributed by atoms with E-state index in [1.165, 1.54) is 0 Å². The molecule has 0 aromatic heterocycles. The first-order valence-corrected chi connectivity index (χ1v) is 7.08. The van der Waals surface area contributed by atoms with Crippen LogP contribution in [0.15, 0.2) is 0 Å². The third-order valence-corrected chi connectivity index (χ3v) is 3.29. The molecule has 1 amide bonds. The van der Waals surface area contributed by atoms with E-state index in [2.05, 4.69) is 33.0 Å². The number of hydrogen-bond donors (Lipinski definition) is 1. The number of alkyl halides is 1. The number of hydrogen-bond acceptors (Lipinski definition) is 2. The van der Waals surface area contributed by atoms with E-state index in [-0.39, 0.29) is 24.8 Å². The van der Waals surface area contributed by atoms with Gasteiger partial charge < -0.3 is 4.90 Å². The molecule has 106 valence electrons. The van der Waals surface area contributed by atoms with Crippen LogP contribution < -0.4 is 5.32 Å². The molecule has 1 aliphatic rings. The van der Waals surface area contributed by atoms with Crippen LogP contribution in [0.2, 0.25) is 0 Å². The van der Waals surface area contributed by atoms with Gasteiger partial charge in [-0.15, -0.1) is 0 Å². The lowest BCUT2D eigenvalue weighted by Gasteiger charge is -2.25. The zero-order valence-corrected chi connectivity index (χ0v) is 12.1. The largest absolute Gasteiger partial charge is 0.326 e. The van der Waals surface area contributed by atoms with Crippen LogP contribution in [0, 0.1) is 11.8 Å². The highest BCUT2D eigenvalue weighted by Crippen LogP contribution is 2.21. The van der Waals surface area contributed by atoms with Crippen LogP contribution in [0.1, 0.15) is 47.0 Å². The molecule has 0 aromatic rings. The molecule has 0 spiro atoms. The van der Waals surface area contributed by atoms with Gasteiger partial charge in [0.2, 0.25) is 5.91 Å². The predicted molar refractivity (Wildman–Crippen MR) is 71.9 cm³/mol. The number of nitrogens with one attached hydrogen (secondary N) is 1. The normalized spacial score (nSPS) is 24.6. The fourth-order valence-electron chi connectivity index (χ4n) is 2.53. The van der Waals surface area contributed by atoms with Gasteiger partial charge in [0.1, 0.15) is 0 Å². The molecule has 2 unspecified atom stereocenters. The fraction of sp³-hybridized carbons (Fsp3) is 0.929. The SMILES string of the molecule is CC(C)CC1NC(CC(C)C)N(CCCF)C1=O. The van der Waals surface area contributed by atoms with Crippen LogP contribution >= 0.6 is 0 Å². The molecule has 1 heterocycles. The Labute approximate surface area is 110 Å². The lowest BCUT2D eigenvalue weighted by Crippen LogP contribution is -2.39. The number of halogens is 1. The first-order chi connectivity index (χ1) is 8.45. The molecule has 1 N–H and O–H groups in total. The lowest BCUT2D eigenvalue weighted by molar-refractivity contribution is -0.130. The van der Waals surface area contributed by atoms with Crippen molar-refractivity contribution >= 4 is 5.91 Å². The summed E-state index contributed by atoms with van der Waals surface area (Å²) in [7, 11) is 0. The number of carbonyl (C=O) groups excluding carboxylic acids is 1. The summed E-state index contributed by atoms with van der Waals surface area (Å²) < 4.78 is 12.3. The highest BCUT2D eigenvalue weighted by atomic mass is 19.1. The summed E-state index contributed by atoms with van der Waals surface area (Å²) in [5.74, 6) is 1.18. The Morgan fingerprint density at radius 1 is 1.22 bits per heavy atom. The molecule has 2 atom stereocenters. The Hall–Kier alpha value is -0.640. The molecule has 0 aliphatic carbocycles. The van der Waals surface area contributed by atoms with Crippen LogP contribution in [0.3, 0.4) is 0 Å². The van der Waals surface area contributed by atoms with E-state index >= 15 is 0 Å². The van der Waals surface area contributed by atoms with Gasteiger partial charge in [-0.25, -0.2) is 0 Å². The molecular weight excluding hydrogens is 231 g/mol. The third-order valence-electron chi connectivity index (χ3n) is 3.29. The van der Waals surface area contributed by atoms with Crippen molar-refractivity contribution in [3.05, 3.63) is 0 Å². The minimum Gasteiger partial charge on any atom is -0.326 e. The number of amides is 1. The number of carbonyl (C=O) groups is 1. The van der Waals surface area contributed by atoms with Crippen molar-refractivity contribution in [1.29, 1.82) is 0 Å².